The average Bonchev–Trinajstić information content (AvgIpc) is 2.46. The molecule has 23 heavy (non-hydrogen) atoms. The molecule has 0 aromatic carbocycles. The summed E-state index contributed by atoms with van der Waals surface area (Å²) < 4.78 is 0. The van der Waals surface area contributed by atoms with Crippen LogP contribution >= 0.6 is 0 Å². The van der Waals surface area contributed by atoms with Gasteiger partial charge in [0.15, 0.2) is 0 Å². The first-order chi connectivity index (χ1) is 10.9. The van der Waals surface area contributed by atoms with Gasteiger partial charge in [-0.1, -0.05) is 51.4 Å². The lowest BCUT2D eigenvalue weighted by molar-refractivity contribution is -0.0276. The van der Waals surface area contributed by atoms with E-state index in [0.717, 1.165) is 6.54 Å². The summed E-state index contributed by atoms with van der Waals surface area (Å²) in [6.45, 7) is 11.9. The summed E-state index contributed by atoms with van der Waals surface area (Å²) in [5, 5.41) is 0. The maximum atomic E-state index is 5.52. The molecule has 0 atom stereocenters. The number of rotatable bonds is 12. The van der Waals surface area contributed by atoms with E-state index in [0.29, 0.717) is 11.1 Å². The van der Waals surface area contributed by atoms with E-state index in [1.165, 1.54) is 90.0 Å². The lowest BCUT2D eigenvalue weighted by Gasteiger charge is -2.53. The van der Waals surface area contributed by atoms with Crippen molar-refractivity contribution < 1.29 is 0 Å². The van der Waals surface area contributed by atoms with E-state index < -0.39 is 0 Å². The Labute approximate surface area is 146 Å². The fourth-order valence-electron chi connectivity index (χ4n) is 4.48. The summed E-state index contributed by atoms with van der Waals surface area (Å²) in [5.41, 5.74) is 6.31. The van der Waals surface area contributed by atoms with Gasteiger partial charge in [-0.15, -0.1) is 0 Å². The summed E-state index contributed by atoms with van der Waals surface area (Å²) in [6, 6.07) is 0. The Bertz CT molecular complexity index is 280. The lowest BCUT2D eigenvalue weighted by Crippen LogP contribution is -2.58. The van der Waals surface area contributed by atoms with Crippen LogP contribution in [-0.4, -0.2) is 29.1 Å². The predicted molar refractivity (Wildman–Crippen MR) is 104 cm³/mol. The maximum Gasteiger partial charge on any atom is 0.0158 e. The highest BCUT2D eigenvalue weighted by Gasteiger charge is 2.40. The third kappa shape index (κ3) is 8.03. The van der Waals surface area contributed by atoms with Crippen LogP contribution in [-0.2, 0) is 0 Å². The number of unbranched alkanes of at least 4 members (excludes halogenated alkanes) is 9. The Hall–Kier alpha value is -0.0800. The molecule has 2 N–H and O–H groups in total. The number of likely N-dealkylation sites (tertiary alicyclic amines) is 1. The van der Waals surface area contributed by atoms with Crippen LogP contribution in [0.4, 0.5) is 0 Å². The Balaban J connectivity index is 2.03. The van der Waals surface area contributed by atoms with Crippen molar-refractivity contribution in [3.8, 4) is 0 Å². The van der Waals surface area contributed by atoms with E-state index >= 15 is 0 Å². The highest BCUT2D eigenvalue weighted by Crippen LogP contribution is 2.38. The summed E-state index contributed by atoms with van der Waals surface area (Å²) in [6.07, 6.45) is 18.0. The largest absolute Gasteiger partial charge is 0.330 e. The zero-order valence-corrected chi connectivity index (χ0v) is 16.6. The molecule has 1 aliphatic rings. The highest BCUT2D eigenvalue weighted by molar-refractivity contribution is 4.96. The average molecular weight is 325 g/mol. The molecule has 0 aliphatic carbocycles. The molecule has 2 nitrogen and oxygen atoms in total. The Kier molecular flexibility index (Phi) is 9.77. The second-order valence-electron chi connectivity index (χ2n) is 8.95. The molecular weight excluding hydrogens is 280 g/mol. The summed E-state index contributed by atoms with van der Waals surface area (Å²) in [4.78, 5) is 2.79. The van der Waals surface area contributed by atoms with Crippen molar-refractivity contribution in [2.45, 2.75) is 122 Å². The van der Waals surface area contributed by atoms with Gasteiger partial charge in [-0.05, 0) is 72.9 Å². The Morgan fingerprint density at radius 2 is 1.04 bits per heavy atom. The summed E-state index contributed by atoms with van der Waals surface area (Å²) >= 11 is 0. The third-order valence-electron chi connectivity index (χ3n) is 5.87. The molecular formula is C21H44N2. The maximum absolute atomic E-state index is 5.52. The van der Waals surface area contributed by atoms with Gasteiger partial charge in [0.05, 0.1) is 0 Å². The van der Waals surface area contributed by atoms with E-state index in [1.54, 1.807) is 0 Å². The van der Waals surface area contributed by atoms with E-state index in [4.69, 9.17) is 5.73 Å². The zero-order chi connectivity index (χ0) is 17.2. The SMILES string of the molecule is CC1(C)CCCC(C)(C)N1CCCCCCCCCCCCN. The van der Waals surface area contributed by atoms with Gasteiger partial charge >= 0.3 is 0 Å². The zero-order valence-electron chi connectivity index (χ0n) is 16.6. The van der Waals surface area contributed by atoms with Gasteiger partial charge in [0.25, 0.3) is 0 Å². The van der Waals surface area contributed by atoms with Crippen molar-refractivity contribution in [3.63, 3.8) is 0 Å². The molecule has 0 radical (unpaired) electrons. The number of hydrogen-bond donors (Lipinski definition) is 1. The minimum atomic E-state index is 0.394. The normalized spacial score (nSPS) is 20.7. The molecule has 0 amide bonds. The van der Waals surface area contributed by atoms with Crippen molar-refractivity contribution in [1.82, 2.24) is 4.90 Å². The van der Waals surface area contributed by atoms with Crippen molar-refractivity contribution in [3.05, 3.63) is 0 Å². The lowest BCUT2D eigenvalue weighted by atomic mass is 9.79. The Morgan fingerprint density at radius 1 is 0.652 bits per heavy atom. The third-order valence-corrected chi connectivity index (χ3v) is 5.87. The van der Waals surface area contributed by atoms with Crippen LogP contribution in [0.2, 0.25) is 0 Å². The van der Waals surface area contributed by atoms with Crippen LogP contribution in [0.1, 0.15) is 111 Å². The van der Waals surface area contributed by atoms with Crippen molar-refractivity contribution in [2.24, 2.45) is 5.73 Å². The minimum Gasteiger partial charge on any atom is -0.330 e. The van der Waals surface area contributed by atoms with Gasteiger partial charge < -0.3 is 5.73 Å². The molecule has 0 aromatic heterocycles. The van der Waals surface area contributed by atoms with Crippen LogP contribution in [0.15, 0.2) is 0 Å². The van der Waals surface area contributed by atoms with E-state index in [-0.39, 0.29) is 0 Å². The number of piperidine rings is 1. The smallest absolute Gasteiger partial charge is 0.0158 e. The van der Waals surface area contributed by atoms with Gasteiger partial charge in [-0.2, -0.15) is 0 Å². The molecule has 0 aromatic rings. The molecule has 1 aliphatic heterocycles. The molecule has 1 rings (SSSR count). The monoisotopic (exact) mass is 324 g/mol. The predicted octanol–water partition coefficient (Wildman–Crippen LogP) is 5.89. The molecule has 1 heterocycles. The van der Waals surface area contributed by atoms with Crippen LogP contribution < -0.4 is 5.73 Å². The first-order valence-electron chi connectivity index (χ1n) is 10.4. The van der Waals surface area contributed by atoms with Crippen LogP contribution in [0, 0.1) is 0 Å². The highest BCUT2D eigenvalue weighted by atomic mass is 15.3. The van der Waals surface area contributed by atoms with E-state index in [1.807, 2.05) is 0 Å². The second kappa shape index (κ2) is 10.7. The molecule has 138 valence electrons. The second-order valence-corrected chi connectivity index (χ2v) is 8.95. The molecule has 0 saturated carbocycles. The van der Waals surface area contributed by atoms with Crippen LogP contribution in [0.5, 0.6) is 0 Å². The van der Waals surface area contributed by atoms with Crippen LogP contribution in [0.25, 0.3) is 0 Å². The van der Waals surface area contributed by atoms with Gasteiger partial charge in [0.1, 0.15) is 0 Å². The molecule has 0 bridgehead atoms. The first kappa shape index (κ1) is 21.0. The Morgan fingerprint density at radius 3 is 1.48 bits per heavy atom. The van der Waals surface area contributed by atoms with Crippen molar-refractivity contribution >= 4 is 0 Å². The van der Waals surface area contributed by atoms with Gasteiger partial charge in [-0.25, -0.2) is 0 Å². The summed E-state index contributed by atoms with van der Waals surface area (Å²) in [7, 11) is 0. The molecule has 1 saturated heterocycles. The topological polar surface area (TPSA) is 29.3 Å². The van der Waals surface area contributed by atoms with Crippen molar-refractivity contribution in [1.29, 1.82) is 0 Å². The van der Waals surface area contributed by atoms with Gasteiger partial charge in [0.2, 0.25) is 0 Å². The van der Waals surface area contributed by atoms with Gasteiger partial charge in [-0.3, -0.25) is 4.90 Å². The summed E-state index contributed by atoms with van der Waals surface area (Å²) in [5.74, 6) is 0. The first-order valence-corrected chi connectivity index (χ1v) is 10.4. The van der Waals surface area contributed by atoms with Gasteiger partial charge in [0, 0.05) is 11.1 Å². The van der Waals surface area contributed by atoms with Crippen LogP contribution in [0.3, 0.4) is 0 Å². The standard InChI is InChI=1S/C21H44N2/c1-20(2)16-15-17-21(3,4)23(20)19-14-12-10-8-6-5-7-9-11-13-18-22/h5-19,22H2,1-4H3. The number of nitrogens with zero attached hydrogens (tertiary/aromatic N) is 1. The van der Waals surface area contributed by atoms with E-state index in [2.05, 4.69) is 32.6 Å². The molecule has 0 unspecified atom stereocenters. The number of nitrogens with two attached hydrogens (primary N) is 1. The number of hydrogen-bond acceptors (Lipinski definition) is 2. The minimum absolute atomic E-state index is 0.394. The molecule has 2 heteroatoms. The molecule has 0 spiro atoms. The quantitative estimate of drug-likeness (QED) is 0.454. The van der Waals surface area contributed by atoms with Crippen molar-refractivity contribution in [2.75, 3.05) is 13.1 Å². The fraction of sp³-hybridized carbons (Fsp3) is 1.00. The molecule has 1 fully saturated rings. The van der Waals surface area contributed by atoms with E-state index in [9.17, 15) is 0 Å². The fourth-order valence-corrected chi connectivity index (χ4v) is 4.48.